The third-order valence-corrected chi connectivity index (χ3v) is 2.07. The Balaban J connectivity index is 2.47. The Kier molecular flexibility index (Phi) is 2.21. The van der Waals surface area contributed by atoms with E-state index in [1.807, 2.05) is 6.92 Å². The van der Waals surface area contributed by atoms with Gasteiger partial charge in [0.1, 0.15) is 5.82 Å². The van der Waals surface area contributed by atoms with Gasteiger partial charge in [-0.3, -0.25) is 0 Å². The van der Waals surface area contributed by atoms with Crippen molar-refractivity contribution in [3.8, 4) is 5.69 Å². The highest BCUT2D eigenvalue weighted by atomic mass is 35.5. The molecule has 0 saturated carbocycles. The molecule has 0 unspecified atom stereocenters. The predicted octanol–water partition coefficient (Wildman–Crippen LogP) is 2.37. The van der Waals surface area contributed by atoms with Gasteiger partial charge in [-0.15, -0.1) is 5.10 Å². The van der Waals surface area contributed by atoms with Crippen molar-refractivity contribution < 1.29 is 4.39 Å². The fourth-order valence-electron chi connectivity index (χ4n) is 1.10. The third-order valence-electron chi connectivity index (χ3n) is 1.78. The predicted molar refractivity (Wildman–Crippen MR) is 51.1 cm³/mol. The molecule has 0 aliphatic heterocycles. The zero-order valence-corrected chi connectivity index (χ0v) is 8.16. The lowest BCUT2D eigenvalue weighted by molar-refractivity contribution is 0.627. The van der Waals surface area contributed by atoms with Gasteiger partial charge >= 0.3 is 0 Å². The van der Waals surface area contributed by atoms with Gasteiger partial charge in [-0.1, -0.05) is 16.8 Å². The second-order valence-electron chi connectivity index (χ2n) is 2.90. The lowest BCUT2D eigenvalue weighted by Gasteiger charge is -2.00. The van der Waals surface area contributed by atoms with Gasteiger partial charge in [0, 0.05) is 0 Å². The molecule has 5 heteroatoms. The van der Waals surface area contributed by atoms with Crippen LogP contribution in [-0.2, 0) is 0 Å². The van der Waals surface area contributed by atoms with Gasteiger partial charge in [0.05, 0.1) is 22.6 Å². The first-order chi connectivity index (χ1) is 6.66. The fourth-order valence-corrected chi connectivity index (χ4v) is 1.28. The molecule has 0 aliphatic carbocycles. The Hall–Kier alpha value is -1.42. The molecule has 0 fully saturated rings. The van der Waals surface area contributed by atoms with Crippen LogP contribution in [0.4, 0.5) is 4.39 Å². The van der Waals surface area contributed by atoms with Gasteiger partial charge in [0.15, 0.2) is 0 Å². The van der Waals surface area contributed by atoms with E-state index in [1.165, 1.54) is 12.1 Å². The van der Waals surface area contributed by atoms with Crippen LogP contribution in [0.25, 0.3) is 5.69 Å². The average molecular weight is 212 g/mol. The average Bonchev–Trinajstić information content (AvgIpc) is 2.57. The van der Waals surface area contributed by atoms with E-state index in [0.29, 0.717) is 5.69 Å². The second-order valence-corrected chi connectivity index (χ2v) is 3.31. The van der Waals surface area contributed by atoms with Crippen LogP contribution in [0, 0.1) is 12.7 Å². The summed E-state index contributed by atoms with van der Waals surface area (Å²) in [5, 5.41) is 7.74. The highest BCUT2D eigenvalue weighted by Crippen LogP contribution is 2.18. The smallest absolute Gasteiger partial charge is 0.141 e. The molecule has 0 saturated heterocycles. The Labute approximate surface area is 85.1 Å². The largest absolute Gasteiger partial charge is 0.220 e. The molecule has 2 aromatic rings. The van der Waals surface area contributed by atoms with Crippen molar-refractivity contribution in [2.24, 2.45) is 0 Å². The monoisotopic (exact) mass is 211 g/mol. The molecule has 14 heavy (non-hydrogen) atoms. The van der Waals surface area contributed by atoms with E-state index in [9.17, 15) is 4.39 Å². The van der Waals surface area contributed by atoms with E-state index in [-0.39, 0.29) is 5.02 Å². The van der Waals surface area contributed by atoms with Crippen LogP contribution in [0.3, 0.4) is 0 Å². The van der Waals surface area contributed by atoms with Crippen molar-refractivity contribution in [3.05, 3.63) is 40.9 Å². The van der Waals surface area contributed by atoms with Gasteiger partial charge in [-0.05, 0) is 25.1 Å². The SMILES string of the molecule is Cc1cn(-c2ccc(F)c(Cl)c2)nn1. The number of aryl methyl sites for hydroxylation is 1. The van der Waals surface area contributed by atoms with E-state index in [1.54, 1.807) is 16.9 Å². The van der Waals surface area contributed by atoms with Crippen LogP contribution in [0.2, 0.25) is 5.02 Å². The lowest BCUT2D eigenvalue weighted by Crippen LogP contribution is -1.95. The first-order valence-corrected chi connectivity index (χ1v) is 4.39. The number of aromatic nitrogens is 3. The topological polar surface area (TPSA) is 30.7 Å². The summed E-state index contributed by atoms with van der Waals surface area (Å²) in [7, 11) is 0. The minimum atomic E-state index is -0.438. The molecular formula is C9H7ClFN3. The summed E-state index contributed by atoms with van der Waals surface area (Å²) in [5.74, 6) is -0.438. The van der Waals surface area contributed by atoms with Crippen LogP contribution < -0.4 is 0 Å². The molecule has 0 N–H and O–H groups in total. The Morgan fingerprint density at radius 1 is 1.43 bits per heavy atom. The quantitative estimate of drug-likeness (QED) is 0.725. The van der Waals surface area contributed by atoms with Crippen molar-refractivity contribution in [2.75, 3.05) is 0 Å². The number of benzene rings is 1. The maximum atomic E-state index is 12.8. The zero-order valence-electron chi connectivity index (χ0n) is 7.41. The summed E-state index contributed by atoms with van der Waals surface area (Å²) in [6, 6.07) is 4.40. The summed E-state index contributed by atoms with van der Waals surface area (Å²) in [6.07, 6.45) is 1.74. The van der Waals surface area contributed by atoms with E-state index >= 15 is 0 Å². The maximum Gasteiger partial charge on any atom is 0.141 e. The van der Waals surface area contributed by atoms with Gasteiger partial charge in [-0.25, -0.2) is 9.07 Å². The minimum Gasteiger partial charge on any atom is -0.220 e. The van der Waals surface area contributed by atoms with Gasteiger partial charge < -0.3 is 0 Å². The van der Waals surface area contributed by atoms with Gasteiger partial charge in [0.2, 0.25) is 0 Å². The highest BCUT2D eigenvalue weighted by Gasteiger charge is 2.03. The molecule has 1 heterocycles. The standard InChI is InChI=1S/C9H7ClFN3/c1-6-5-14(13-12-6)7-2-3-9(11)8(10)4-7/h2-5H,1H3. The van der Waals surface area contributed by atoms with Crippen molar-refractivity contribution >= 4 is 11.6 Å². The summed E-state index contributed by atoms with van der Waals surface area (Å²) in [5.41, 5.74) is 1.49. The molecule has 1 aromatic heterocycles. The van der Waals surface area contributed by atoms with Crippen LogP contribution in [-0.4, -0.2) is 15.0 Å². The molecule has 72 valence electrons. The highest BCUT2D eigenvalue weighted by molar-refractivity contribution is 6.30. The van der Waals surface area contributed by atoms with Crippen molar-refractivity contribution in [1.29, 1.82) is 0 Å². The van der Waals surface area contributed by atoms with Gasteiger partial charge in [0.25, 0.3) is 0 Å². The van der Waals surface area contributed by atoms with E-state index in [2.05, 4.69) is 10.3 Å². The summed E-state index contributed by atoms with van der Waals surface area (Å²) >= 11 is 5.63. The second kappa shape index (κ2) is 3.38. The number of halogens is 2. The van der Waals surface area contributed by atoms with Crippen LogP contribution in [0.1, 0.15) is 5.69 Å². The van der Waals surface area contributed by atoms with Crippen LogP contribution in [0.15, 0.2) is 24.4 Å². The van der Waals surface area contributed by atoms with Crippen molar-refractivity contribution in [1.82, 2.24) is 15.0 Å². The molecule has 2 rings (SSSR count). The summed E-state index contributed by atoms with van der Waals surface area (Å²) < 4.78 is 14.4. The maximum absolute atomic E-state index is 12.8. The molecule has 1 aromatic carbocycles. The number of hydrogen-bond donors (Lipinski definition) is 0. The number of nitrogens with zero attached hydrogens (tertiary/aromatic N) is 3. The molecule has 0 radical (unpaired) electrons. The normalized spacial score (nSPS) is 10.5. The summed E-state index contributed by atoms with van der Waals surface area (Å²) in [4.78, 5) is 0. The van der Waals surface area contributed by atoms with E-state index in [4.69, 9.17) is 11.6 Å². The van der Waals surface area contributed by atoms with E-state index < -0.39 is 5.82 Å². The molecule has 0 spiro atoms. The number of rotatable bonds is 1. The Morgan fingerprint density at radius 2 is 2.21 bits per heavy atom. The minimum absolute atomic E-state index is 0.0793. The Bertz CT molecular complexity index is 467. The molecular weight excluding hydrogens is 205 g/mol. The Morgan fingerprint density at radius 3 is 2.79 bits per heavy atom. The van der Waals surface area contributed by atoms with Crippen LogP contribution in [0.5, 0.6) is 0 Å². The molecule has 0 bridgehead atoms. The van der Waals surface area contributed by atoms with Gasteiger partial charge in [-0.2, -0.15) is 0 Å². The first kappa shape index (κ1) is 9.15. The number of hydrogen-bond acceptors (Lipinski definition) is 2. The van der Waals surface area contributed by atoms with E-state index in [0.717, 1.165) is 5.69 Å². The summed E-state index contributed by atoms with van der Waals surface area (Å²) in [6.45, 7) is 1.83. The molecule has 0 aliphatic rings. The molecule has 3 nitrogen and oxygen atoms in total. The van der Waals surface area contributed by atoms with Crippen molar-refractivity contribution in [3.63, 3.8) is 0 Å². The fraction of sp³-hybridized carbons (Fsp3) is 0.111. The lowest BCUT2D eigenvalue weighted by atomic mass is 10.3. The zero-order chi connectivity index (χ0) is 10.1. The molecule has 0 atom stereocenters. The molecule has 0 amide bonds. The van der Waals surface area contributed by atoms with Crippen LogP contribution >= 0.6 is 11.6 Å². The van der Waals surface area contributed by atoms with Crippen molar-refractivity contribution in [2.45, 2.75) is 6.92 Å². The first-order valence-electron chi connectivity index (χ1n) is 4.01. The third kappa shape index (κ3) is 1.61.